The largest absolute Gasteiger partial charge is 0.245 e. The molecule has 0 N–H and O–H groups in total. The molecule has 0 saturated heterocycles. The summed E-state index contributed by atoms with van der Waals surface area (Å²) in [6, 6.07) is 54.6. The standard InChI is InChI=1S/C44H28N4/c1-3-10-29(11-4-1)36-22-23-37(39-17-8-7-16-38(36)39)35-27-45-44(46-28-35)34-15-9-14-33(26-34)41-25-21-32-19-18-31-20-24-40(30-12-5-2-6-13-30)47-42(31)43(32)48-41/h1-28H. The minimum atomic E-state index is 0.672. The van der Waals surface area contributed by atoms with Gasteiger partial charge in [-0.3, -0.25) is 0 Å². The molecule has 0 fully saturated rings. The van der Waals surface area contributed by atoms with Gasteiger partial charge in [-0.15, -0.1) is 0 Å². The van der Waals surface area contributed by atoms with Crippen molar-refractivity contribution >= 4 is 32.6 Å². The fourth-order valence-corrected chi connectivity index (χ4v) is 6.55. The van der Waals surface area contributed by atoms with E-state index in [1.54, 1.807) is 0 Å². The van der Waals surface area contributed by atoms with Crippen LogP contribution in [0.25, 0.3) is 88.7 Å². The third-order valence-electron chi connectivity index (χ3n) is 8.98. The SMILES string of the molecule is c1ccc(-c2ccc3ccc4ccc(-c5cccc(-c6ncc(-c7ccc(-c8ccccc8)c8ccccc78)cn6)c5)nc4c3n2)cc1. The molecule has 9 aromatic rings. The smallest absolute Gasteiger partial charge is 0.159 e. The molecule has 0 atom stereocenters. The molecule has 6 aromatic carbocycles. The Labute approximate surface area is 278 Å². The lowest BCUT2D eigenvalue weighted by Crippen LogP contribution is -1.93. The highest BCUT2D eigenvalue weighted by atomic mass is 14.9. The van der Waals surface area contributed by atoms with E-state index in [0.29, 0.717) is 5.82 Å². The average Bonchev–Trinajstić information content (AvgIpc) is 3.18. The zero-order valence-corrected chi connectivity index (χ0v) is 26.0. The Morgan fingerprint density at radius 1 is 0.333 bits per heavy atom. The van der Waals surface area contributed by atoms with E-state index in [9.17, 15) is 0 Å². The average molecular weight is 613 g/mol. The maximum absolute atomic E-state index is 5.15. The van der Waals surface area contributed by atoms with Gasteiger partial charge in [0.05, 0.1) is 22.4 Å². The van der Waals surface area contributed by atoms with Crippen LogP contribution >= 0.6 is 0 Å². The highest BCUT2D eigenvalue weighted by Gasteiger charge is 2.13. The highest BCUT2D eigenvalue weighted by molar-refractivity contribution is 6.05. The van der Waals surface area contributed by atoms with Gasteiger partial charge >= 0.3 is 0 Å². The van der Waals surface area contributed by atoms with Crippen molar-refractivity contribution in [2.45, 2.75) is 0 Å². The van der Waals surface area contributed by atoms with E-state index >= 15 is 0 Å². The Balaban J connectivity index is 1.07. The molecule has 0 spiro atoms. The molecule has 48 heavy (non-hydrogen) atoms. The van der Waals surface area contributed by atoms with Crippen molar-refractivity contribution in [3.05, 3.63) is 170 Å². The minimum Gasteiger partial charge on any atom is -0.245 e. The highest BCUT2D eigenvalue weighted by Crippen LogP contribution is 2.36. The summed E-state index contributed by atoms with van der Waals surface area (Å²) in [6.07, 6.45) is 3.85. The van der Waals surface area contributed by atoms with E-state index in [1.807, 2.05) is 48.8 Å². The summed E-state index contributed by atoms with van der Waals surface area (Å²) in [7, 11) is 0. The Morgan fingerprint density at radius 2 is 0.812 bits per heavy atom. The number of pyridine rings is 2. The first-order valence-corrected chi connectivity index (χ1v) is 16.0. The van der Waals surface area contributed by atoms with Crippen LogP contribution in [-0.2, 0) is 0 Å². The van der Waals surface area contributed by atoms with E-state index in [0.717, 1.165) is 61.0 Å². The number of fused-ring (bicyclic) bond motifs is 4. The van der Waals surface area contributed by atoms with Gasteiger partial charge in [0, 0.05) is 45.4 Å². The van der Waals surface area contributed by atoms with Gasteiger partial charge in [-0.1, -0.05) is 140 Å². The Bertz CT molecular complexity index is 2600. The maximum Gasteiger partial charge on any atom is 0.159 e. The molecular weight excluding hydrogens is 585 g/mol. The molecule has 224 valence electrons. The molecule has 4 nitrogen and oxygen atoms in total. The van der Waals surface area contributed by atoms with Crippen LogP contribution in [0.3, 0.4) is 0 Å². The number of aromatic nitrogens is 4. The first-order valence-electron chi connectivity index (χ1n) is 16.0. The lowest BCUT2D eigenvalue weighted by Gasteiger charge is -2.12. The third-order valence-corrected chi connectivity index (χ3v) is 8.98. The van der Waals surface area contributed by atoms with Crippen molar-refractivity contribution in [3.8, 4) is 56.2 Å². The fraction of sp³-hybridized carbons (Fsp3) is 0. The molecule has 0 aliphatic heterocycles. The summed E-state index contributed by atoms with van der Waals surface area (Å²) in [4.78, 5) is 19.9. The van der Waals surface area contributed by atoms with Crippen LogP contribution < -0.4 is 0 Å². The Hall–Kier alpha value is -6.52. The summed E-state index contributed by atoms with van der Waals surface area (Å²) in [5, 5.41) is 4.51. The third kappa shape index (κ3) is 4.97. The number of benzene rings is 6. The van der Waals surface area contributed by atoms with Gasteiger partial charge in [-0.2, -0.15) is 0 Å². The van der Waals surface area contributed by atoms with Crippen LogP contribution in [0.5, 0.6) is 0 Å². The topological polar surface area (TPSA) is 51.6 Å². The molecule has 0 radical (unpaired) electrons. The van der Waals surface area contributed by atoms with E-state index in [1.165, 1.54) is 21.9 Å². The summed E-state index contributed by atoms with van der Waals surface area (Å²) in [5.74, 6) is 0.672. The molecule has 0 aliphatic rings. The van der Waals surface area contributed by atoms with E-state index < -0.39 is 0 Å². The first kappa shape index (κ1) is 27.8. The van der Waals surface area contributed by atoms with Crippen molar-refractivity contribution in [1.82, 2.24) is 19.9 Å². The summed E-state index contributed by atoms with van der Waals surface area (Å²) in [5.41, 5.74) is 11.1. The quantitative estimate of drug-likeness (QED) is 0.181. The van der Waals surface area contributed by atoms with Crippen molar-refractivity contribution in [2.75, 3.05) is 0 Å². The fourth-order valence-electron chi connectivity index (χ4n) is 6.55. The van der Waals surface area contributed by atoms with Crippen LogP contribution in [0.15, 0.2) is 170 Å². The van der Waals surface area contributed by atoms with Gasteiger partial charge in [-0.25, -0.2) is 19.9 Å². The number of rotatable bonds is 5. The summed E-state index contributed by atoms with van der Waals surface area (Å²) >= 11 is 0. The molecule has 9 rings (SSSR count). The second-order valence-electron chi connectivity index (χ2n) is 11.9. The predicted octanol–water partition coefficient (Wildman–Crippen LogP) is 11.1. The molecule has 0 unspecified atom stereocenters. The van der Waals surface area contributed by atoms with E-state index in [4.69, 9.17) is 19.9 Å². The molecule has 0 saturated carbocycles. The van der Waals surface area contributed by atoms with Crippen molar-refractivity contribution in [3.63, 3.8) is 0 Å². The molecule has 0 aliphatic carbocycles. The second kappa shape index (κ2) is 11.7. The van der Waals surface area contributed by atoms with Gasteiger partial charge < -0.3 is 0 Å². The van der Waals surface area contributed by atoms with E-state index in [-0.39, 0.29) is 0 Å². The minimum absolute atomic E-state index is 0.672. The van der Waals surface area contributed by atoms with Crippen molar-refractivity contribution in [1.29, 1.82) is 0 Å². The molecule has 0 amide bonds. The van der Waals surface area contributed by atoms with Gasteiger partial charge in [0.15, 0.2) is 5.82 Å². The maximum atomic E-state index is 5.15. The zero-order chi connectivity index (χ0) is 31.9. The summed E-state index contributed by atoms with van der Waals surface area (Å²) in [6.45, 7) is 0. The summed E-state index contributed by atoms with van der Waals surface area (Å²) < 4.78 is 0. The van der Waals surface area contributed by atoms with E-state index in [2.05, 4.69) is 121 Å². The lowest BCUT2D eigenvalue weighted by atomic mass is 9.93. The monoisotopic (exact) mass is 612 g/mol. The van der Waals surface area contributed by atoms with Gasteiger partial charge in [0.1, 0.15) is 0 Å². The second-order valence-corrected chi connectivity index (χ2v) is 11.9. The van der Waals surface area contributed by atoms with Crippen molar-refractivity contribution in [2.24, 2.45) is 0 Å². The first-order chi connectivity index (χ1) is 23.8. The molecular formula is C44H28N4. The Morgan fingerprint density at radius 3 is 1.44 bits per heavy atom. The predicted molar refractivity (Wildman–Crippen MR) is 197 cm³/mol. The Kier molecular flexibility index (Phi) is 6.76. The van der Waals surface area contributed by atoms with Gasteiger partial charge in [0.2, 0.25) is 0 Å². The van der Waals surface area contributed by atoms with Gasteiger partial charge in [-0.05, 0) is 45.7 Å². The molecule has 4 heteroatoms. The zero-order valence-electron chi connectivity index (χ0n) is 26.0. The molecule has 3 heterocycles. The van der Waals surface area contributed by atoms with Crippen LogP contribution in [0.2, 0.25) is 0 Å². The van der Waals surface area contributed by atoms with Crippen LogP contribution in [-0.4, -0.2) is 19.9 Å². The lowest BCUT2D eigenvalue weighted by molar-refractivity contribution is 1.18. The van der Waals surface area contributed by atoms with Crippen LogP contribution in [0.1, 0.15) is 0 Å². The molecule has 3 aromatic heterocycles. The van der Waals surface area contributed by atoms with Gasteiger partial charge in [0.25, 0.3) is 0 Å². The number of nitrogens with zero attached hydrogens (tertiary/aromatic N) is 4. The number of hydrogen-bond donors (Lipinski definition) is 0. The van der Waals surface area contributed by atoms with Crippen molar-refractivity contribution < 1.29 is 0 Å². The molecule has 0 bridgehead atoms. The van der Waals surface area contributed by atoms with Crippen LogP contribution in [0.4, 0.5) is 0 Å². The normalized spacial score (nSPS) is 11.3. The van der Waals surface area contributed by atoms with Crippen LogP contribution in [0, 0.1) is 0 Å². The number of hydrogen-bond acceptors (Lipinski definition) is 4.